The highest BCUT2D eigenvalue weighted by Gasteiger charge is 2.26. The molecular weight excluding hydrogens is 150 g/mol. The summed E-state index contributed by atoms with van der Waals surface area (Å²) in [7, 11) is 1.85. The zero-order chi connectivity index (χ0) is 8.55. The van der Waals surface area contributed by atoms with E-state index in [-0.39, 0.29) is 0 Å². The van der Waals surface area contributed by atoms with Gasteiger partial charge in [-0.05, 0) is 25.3 Å². The van der Waals surface area contributed by atoms with Crippen LogP contribution in [0.25, 0.3) is 0 Å². The van der Waals surface area contributed by atoms with E-state index >= 15 is 0 Å². The summed E-state index contributed by atoms with van der Waals surface area (Å²) in [6, 6.07) is 0. The van der Waals surface area contributed by atoms with Gasteiger partial charge in [-0.1, -0.05) is 0 Å². The lowest BCUT2D eigenvalue weighted by molar-refractivity contribution is 0.961. The highest BCUT2D eigenvalue weighted by atomic mass is 15.1. The van der Waals surface area contributed by atoms with E-state index in [0.29, 0.717) is 5.92 Å². The topological polar surface area (TPSA) is 37.8 Å². The maximum Gasteiger partial charge on any atom is 0.222 e. The Balaban J connectivity index is 2.36. The van der Waals surface area contributed by atoms with Gasteiger partial charge in [-0.15, -0.1) is 0 Å². The Morgan fingerprint density at radius 3 is 2.83 bits per heavy atom. The molecule has 0 aromatic carbocycles. The van der Waals surface area contributed by atoms with E-state index < -0.39 is 0 Å². The first-order chi connectivity index (χ1) is 5.81. The number of rotatable bonds is 2. The molecule has 1 aromatic heterocycles. The number of anilines is 1. The predicted molar refractivity (Wildman–Crippen MR) is 48.3 cm³/mol. The maximum atomic E-state index is 4.43. The molecule has 2 rings (SSSR count). The molecule has 0 radical (unpaired) electrons. The number of nitrogens with one attached hydrogen (secondary N) is 1. The molecule has 1 aliphatic rings. The highest BCUT2D eigenvalue weighted by molar-refractivity contribution is 5.31. The third kappa shape index (κ3) is 1.26. The third-order valence-corrected chi connectivity index (χ3v) is 2.20. The summed E-state index contributed by atoms with van der Waals surface area (Å²) in [5.41, 5.74) is 2.45. The fraction of sp³-hybridized carbons (Fsp3) is 0.556. The molecule has 0 atom stereocenters. The Bertz CT molecular complexity index is 292. The SMILES string of the molecule is CNc1ncc(C)c(C2CC2)n1. The first-order valence-electron chi connectivity index (χ1n) is 4.32. The van der Waals surface area contributed by atoms with Gasteiger partial charge in [0.15, 0.2) is 0 Å². The van der Waals surface area contributed by atoms with Crippen LogP contribution in [0.1, 0.15) is 30.0 Å². The molecule has 0 spiro atoms. The van der Waals surface area contributed by atoms with Crippen molar-refractivity contribution in [3.8, 4) is 0 Å². The van der Waals surface area contributed by atoms with Gasteiger partial charge in [-0.2, -0.15) is 0 Å². The van der Waals surface area contributed by atoms with Gasteiger partial charge < -0.3 is 5.32 Å². The van der Waals surface area contributed by atoms with E-state index in [1.807, 2.05) is 13.2 Å². The summed E-state index contributed by atoms with van der Waals surface area (Å²) in [6.07, 6.45) is 4.48. The summed E-state index contributed by atoms with van der Waals surface area (Å²) in [4.78, 5) is 8.58. The molecule has 1 fully saturated rings. The number of aryl methyl sites for hydroxylation is 1. The first kappa shape index (κ1) is 7.53. The molecule has 0 aliphatic heterocycles. The van der Waals surface area contributed by atoms with Crippen molar-refractivity contribution in [3.63, 3.8) is 0 Å². The predicted octanol–water partition coefficient (Wildman–Crippen LogP) is 1.70. The summed E-state index contributed by atoms with van der Waals surface area (Å²) >= 11 is 0. The van der Waals surface area contributed by atoms with E-state index in [9.17, 15) is 0 Å². The van der Waals surface area contributed by atoms with Crippen molar-refractivity contribution in [3.05, 3.63) is 17.5 Å². The second-order valence-corrected chi connectivity index (χ2v) is 3.29. The van der Waals surface area contributed by atoms with Crippen LogP contribution in [-0.4, -0.2) is 17.0 Å². The highest BCUT2D eigenvalue weighted by Crippen LogP contribution is 2.40. The quantitative estimate of drug-likeness (QED) is 0.721. The molecule has 0 saturated heterocycles. The Kier molecular flexibility index (Phi) is 1.71. The lowest BCUT2D eigenvalue weighted by Gasteiger charge is -2.04. The molecule has 0 unspecified atom stereocenters. The lowest BCUT2D eigenvalue weighted by atomic mass is 10.2. The second-order valence-electron chi connectivity index (χ2n) is 3.29. The van der Waals surface area contributed by atoms with E-state index in [2.05, 4.69) is 22.2 Å². The summed E-state index contributed by atoms with van der Waals surface area (Å²) in [5.74, 6) is 1.45. The minimum Gasteiger partial charge on any atom is -0.357 e. The minimum atomic E-state index is 0.708. The lowest BCUT2D eigenvalue weighted by Crippen LogP contribution is -2.00. The third-order valence-electron chi connectivity index (χ3n) is 2.20. The van der Waals surface area contributed by atoms with Crippen molar-refractivity contribution in [1.82, 2.24) is 9.97 Å². The van der Waals surface area contributed by atoms with Gasteiger partial charge in [0.05, 0.1) is 5.69 Å². The average Bonchev–Trinajstić information content (AvgIpc) is 2.88. The zero-order valence-corrected chi connectivity index (χ0v) is 7.46. The van der Waals surface area contributed by atoms with Crippen molar-refractivity contribution < 1.29 is 0 Å². The van der Waals surface area contributed by atoms with Gasteiger partial charge in [-0.25, -0.2) is 9.97 Å². The van der Waals surface area contributed by atoms with Gasteiger partial charge >= 0.3 is 0 Å². The van der Waals surface area contributed by atoms with Crippen LogP contribution in [-0.2, 0) is 0 Å². The molecule has 3 heteroatoms. The maximum absolute atomic E-state index is 4.43. The van der Waals surface area contributed by atoms with E-state index in [1.165, 1.54) is 24.1 Å². The molecule has 1 N–H and O–H groups in total. The van der Waals surface area contributed by atoms with Crippen molar-refractivity contribution in [2.45, 2.75) is 25.7 Å². The Hall–Kier alpha value is -1.12. The molecule has 12 heavy (non-hydrogen) atoms. The van der Waals surface area contributed by atoms with Gasteiger partial charge in [0.2, 0.25) is 5.95 Å². The van der Waals surface area contributed by atoms with E-state index in [0.717, 1.165) is 5.95 Å². The van der Waals surface area contributed by atoms with Crippen molar-refractivity contribution in [2.75, 3.05) is 12.4 Å². The number of nitrogens with zero attached hydrogens (tertiary/aromatic N) is 2. The van der Waals surface area contributed by atoms with Crippen molar-refractivity contribution in [2.24, 2.45) is 0 Å². The average molecular weight is 163 g/mol. The molecule has 0 amide bonds. The largest absolute Gasteiger partial charge is 0.357 e. The smallest absolute Gasteiger partial charge is 0.222 e. The first-order valence-corrected chi connectivity index (χ1v) is 4.32. The Morgan fingerprint density at radius 1 is 1.50 bits per heavy atom. The fourth-order valence-corrected chi connectivity index (χ4v) is 1.35. The van der Waals surface area contributed by atoms with Gasteiger partial charge in [0.25, 0.3) is 0 Å². The number of hydrogen-bond donors (Lipinski definition) is 1. The van der Waals surface area contributed by atoms with Crippen LogP contribution in [0.4, 0.5) is 5.95 Å². The standard InChI is InChI=1S/C9H13N3/c1-6-5-11-9(10-2)12-8(6)7-3-4-7/h5,7H,3-4H2,1-2H3,(H,10,11,12). The summed E-state index contributed by atoms with van der Waals surface area (Å²) < 4.78 is 0. The van der Waals surface area contributed by atoms with Gasteiger partial charge in [0.1, 0.15) is 0 Å². The molecule has 1 saturated carbocycles. The van der Waals surface area contributed by atoms with E-state index in [4.69, 9.17) is 0 Å². The Morgan fingerprint density at radius 2 is 2.25 bits per heavy atom. The van der Waals surface area contributed by atoms with E-state index in [1.54, 1.807) is 0 Å². The summed E-state index contributed by atoms with van der Waals surface area (Å²) in [5, 5.41) is 2.96. The molecular formula is C9H13N3. The Labute approximate surface area is 72.2 Å². The van der Waals surface area contributed by atoms with Crippen LogP contribution < -0.4 is 5.32 Å². The van der Waals surface area contributed by atoms with Crippen LogP contribution in [0.15, 0.2) is 6.20 Å². The minimum absolute atomic E-state index is 0.708. The van der Waals surface area contributed by atoms with Gasteiger partial charge in [0, 0.05) is 19.2 Å². The fourth-order valence-electron chi connectivity index (χ4n) is 1.35. The van der Waals surface area contributed by atoms with Crippen LogP contribution in [0.5, 0.6) is 0 Å². The van der Waals surface area contributed by atoms with Crippen LogP contribution in [0, 0.1) is 6.92 Å². The monoisotopic (exact) mass is 163 g/mol. The summed E-state index contributed by atoms with van der Waals surface area (Å²) in [6.45, 7) is 2.08. The normalized spacial score (nSPS) is 16.2. The van der Waals surface area contributed by atoms with Crippen LogP contribution in [0.3, 0.4) is 0 Å². The number of aromatic nitrogens is 2. The van der Waals surface area contributed by atoms with Crippen molar-refractivity contribution >= 4 is 5.95 Å². The molecule has 1 aliphatic carbocycles. The molecule has 64 valence electrons. The zero-order valence-electron chi connectivity index (χ0n) is 7.46. The number of hydrogen-bond acceptors (Lipinski definition) is 3. The second kappa shape index (κ2) is 2.73. The molecule has 0 bridgehead atoms. The van der Waals surface area contributed by atoms with Crippen LogP contribution >= 0.6 is 0 Å². The molecule has 1 heterocycles. The van der Waals surface area contributed by atoms with Gasteiger partial charge in [-0.3, -0.25) is 0 Å². The van der Waals surface area contributed by atoms with Crippen molar-refractivity contribution in [1.29, 1.82) is 0 Å². The molecule has 1 aromatic rings. The molecule has 3 nitrogen and oxygen atoms in total. The van der Waals surface area contributed by atoms with Crippen LogP contribution in [0.2, 0.25) is 0 Å².